The van der Waals surface area contributed by atoms with Gasteiger partial charge in [-0.3, -0.25) is 0 Å². The number of aromatic nitrogens is 1. The molecule has 0 spiro atoms. The molecule has 88 valence electrons. The molecular formula is C12H9BrFNO2. The molecule has 0 atom stereocenters. The zero-order chi connectivity index (χ0) is 12.3. The van der Waals surface area contributed by atoms with Gasteiger partial charge in [-0.2, -0.15) is 0 Å². The molecule has 0 saturated carbocycles. The van der Waals surface area contributed by atoms with E-state index in [0.29, 0.717) is 21.9 Å². The summed E-state index contributed by atoms with van der Waals surface area (Å²) in [6.45, 7) is 0. The molecule has 1 aromatic heterocycles. The highest BCUT2D eigenvalue weighted by Crippen LogP contribution is 2.30. The fraction of sp³-hybridized carbons (Fsp3) is 0.0833. The molecule has 3 nitrogen and oxygen atoms in total. The lowest BCUT2D eigenvalue weighted by Gasteiger charge is -2.08. The first-order valence-corrected chi connectivity index (χ1v) is 5.61. The molecule has 1 aromatic carbocycles. The summed E-state index contributed by atoms with van der Waals surface area (Å²) in [5, 5.41) is 0. The van der Waals surface area contributed by atoms with Crippen LogP contribution in [0.4, 0.5) is 4.39 Å². The molecule has 2 aromatic rings. The number of rotatable bonds is 3. The number of benzene rings is 1. The lowest BCUT2D eigenvalue weighted by Crippen LogP contribution is -1.90. The molecular weight excluding hydrogens is 289 g/mol. The van der Waals surface area contributed by atoms with E-state index in [4.69, 9.17) is 9.47 Å². The van der Waals surface area contributed by atoms with Gasteiger partial charge in [0.15, 0.2) is 0 Å². The van der Waals surface area contributed by atoms with Crippen LogP contribution in [0.3, 0.4) is 0 Å². The standard InChI is InChI=1S/C12H9BrFNO2/c1-16-12-7-9(4-5-15-12)17-11-6-8(14)2-3-10(11)13/h2-7H,1H3. The molecule has 0 saturated heterocycles. The summed E-state index contributed by atoms with van der Waals surface area (Å²) in [7, 11) is 1.52. The Balaban J connectivity index is 2.27. The lowest BCUT2D eigenvalue weighted by molar-refractivity contribution is 0.392. The van der Waals surface area contributed by atoms with Gasteiger partial charge in [0, 0.05) is 18.3 Å². The summed E-state index contributed by atoms with van der Waals surface area (Å²) in [5.41, 5.74) is 0. The molecule has 0 fully saturated rings. The molecule has 0 bridgehead atoms. The van der Waals surface area contributed by atoms with E-state index in [9.17, 15) is 4.39 Å². The van der Waals surface area contributed by atoms with E-state index in [1.165, 1.54) is 19.2 Å². The summed E-state index contributed by atoms with van der Waals surface area (Å²) in [4.78, 5) is 3.95. The summed E-state index contributed by atoms with van der Waals surface area (Å²) in [6, 6.07) is 7.53. The Morgan fingerprint density at radius 3 is 2.82 bits per heavy atom. The Bertz CT molecular complexity index is 534. The maximum absolute atomic E-state index is 13.1. The fourth-order valence-corrected chi connectivity index (χ4v) is 1.58. The topological polar surface area (TPSA) is 31.4 Å². The molecule has 0 aliphatic rings. The first-order chi connectivity index (χ1) is 8.19. The van der Waals surface area contributed by atoms with Crippen molar-refractivity contribution >= 4 is 15.9 Å². The Morgan fingerprint density at radius 1 is 1.24 bits per heavy atom. The van der Waals surface area contributed by atoms with Crippen molar-refractivity contribution in [3.05, 3.63) is 46.8 Å². The molecule has 0 unspecified atom stereocenters. The second kappa shape index (κ2) is 5.14. The molecule has 1 heterocycles. The van der Waals surface area contributed by atoms with Gasteiger partial charge in [0.2, 0.25) is 5.88 Å². The van der Waals surface area contributed by atoms with Crippen molar-refractivity contribution in [2.45, 2.75) is 0 Å². The maximum Gasteiger partial charge on any atom is 0.216 e. The van der Waals surface area contributed by atoms with Crippen LogP contribution in [0.1, 0.15) is 0 Å². The summed E-state index contributed by atoms with van der Waals surface area (Å²) in [6.07, 6.45) is 1.56. The van der Waals surface area contributed by atoms with Crippen molar-refractivity contribution in [3.8, 4) is 17.4 Å². The van der Waals surface area contributed by atoms with E-state index in [-0.39, 0.29) is 5.82 Å². The highest BCUT2D eigenvalue weighted by molar-refractivity contribution is 9.10. The van der Waals surface area contributed by atoms with Crippen LogP contribution >= 0.6 is 15.9 Å². The second-order valence-corrected chi connectivity index (χ2v) is 4.07. The Kier molecular flexibility index (Phi) is 3.58. The molecule has 2 rings (SSSR count). The number of halogens is 2. The third-order valence-electron chi connectivity index (χ3n) is 2.04. The minimum atomic E-state index is -0.357. The normalized spacial score (nSPS) is 10.1. The Hall–Kier alpha value is -1.62. The van der Waals surface area contributed by atoms with Gasteiger partial charge in [0.25, 0.3) is 0 Å². The Labute approximate surface area is 106 Å². The summed E-state index contributed by atoms with van der Waals surface area (Å²) < 4.78 is 24.2. The monoisotopic (exact) mass is 297 g/mol. The van der Waals surface area contributed by atoms with E-state index in [0.717, 1.165) is 0 Å². The van der Waals surface area contributed by atoms with E-state index in [2.05, 4.69) is 20.9 Å². The molecule has 0 aliphatic carbocycles. The zero-order valence-electron chi connectivity index (χ0n) is 8.98. The maximum atomic E-state index is 13.1. The van der Waals surface area contributed by atoms with Crippen LogP contribution in [0, 0.1) is 5.82 Å². The van der Waals surface area contributed by atoms with Crippen LogP contribution in [0.25, 0.3) is 0 Å². The van der Waals surface area contributed by atoms with Crippen LogP contribution in [-0.2, 0) is 0 Å². The highest BCUT2D eigenvalue weighted by atomic mass is 79.9. The van der Waals surface area contributed by atoms with Gasteiger partial charge in [-0.1, -0.05) is 0 Å². The number of pyridine rings is 1. The number of hydrogen-bond acceptors (Lipinski definition) is 3. The molecule has 5 heteroatoms. The van der Waals surface area contributed by atoms with Crippen LogP contribution in [0.2, 0.25) is 0 Å². The van der Waals surface area contributed by atoms with Gasteiger partial charge in [0.05, 0.1) is 11.6 Å². The largest absolute Gasteiger partial charge is 0.481 e. The average Bonchev–Trinajstić information content (AvgIpc) is 2.34. The van der Waals surface area contributed by atoms with Gasteiger partial charge in [0.1, 0.15) is 17.3 Å². The Morgan fingerprint density at radius 2 is 2.06 bits per heavy atom. The van der Waals surface area contributed by atoms with E-state index < -0.39 is 0 Å². The van der Waals surface area contributed by atoms with Crippen molar-refractivity contribution in [3.63, 3.8) is 0 Å². The lowest BCUT2D eigenvalue weighted by atomic mass is 10.3. The number of hydrogen-bond donors (Lipinski definition) is 0. The summed E-state index contributed by atoms with van der Waals surface area (Å²) in [5.74, 6) is 1.01. The molecule has 0 aliphatic heterocycles. The number of ether oxygens (including phenoxy) is 2. The minimum absolute atomic E-state index is 0.357. The SMILES string of the molecule is COc1cc(Oc2cc(F)ccc2Br)ccn1. The van der Waals surface area contributed by atoms with Crippen molar-refractivity contribution in [2.24, 2.45) is 0 Å². The first-order valence-electron chi connectivity index (χ1n) is 4.82. The predicted molar refractivity (Wildman–Crippen MR) is 65.0 cm³/mol. The fourth-order valence-electron chi connectivity index (χ4n) is 1.25. The van der Waals surface area contributed by atoms with Crippen molar-refractivity contribution < 1.29 is 13.9 Å². The quantitative estimate of drug-likeness (QED) is 0.864. The van der Waals surface area contributed by atoms with Crippen molar-refractivity contribution in [1.29, 1.82) is 0 Å². The third-order valence-corrected chi connectivity index (χ3v) is 2.69. The van der Waals surface area contributed by atoms with Crippen LogP contribution in [-0.4, -0.2) is 12.1 Å². The van der Waals surface area contributed by atoms with E-state index in [1.807, 2.05) is 0 Å². The first kappa shape index (κ1) is 11.9. The smallest absolute Gasteiger partial charge is 0.216 e. The van der Waals surface area contributed by atoms with Crippen LogP contribution in [0.5, 0.6) is 17.4 Å². The van der Waals surface area contributed by atoms with Crippen molar-refractivity contribution in [2.75, 3.05) is 7.11 Å². The van der Waals surface area contributed by atoms with Crippen LogP contribution in [0.15, 0.2) is 41.0 Å². The van der Waals surface area contributed by atoms with Crippen molar-refractivity contribution in [1.82, 2.24) is 4.98 Å². The van der Waals surface area contributed by atoms with Gasteiger partial charge in [-0.15, -0.1) is 0 Å². The molecule has 0 amide bonds. The summed E-state index contributed by atoms with van der Waals surface area (Å²) >= 11 is 3.28. The molecule has 0 radical (unpaired) electrons. The second-order valence-electron chi connectivity index (χ2n) is 3.21. The zero-order valence-corrected chi connectivity index (χ0v) is 10.6. The van der Waals surface area contributed by atoms with Gasteiger partial charge >= 0.3 is 0 Å². The van der Waals surface area contributed by atoms with Gasteiger partial charge in [-0.05, 0) is 34.1 Å². The van der Waals surface area contributed by atoms with E-state index >= 15 is 0 Å². The average molecular weight is 298 g/mol. The van der Waals surface area contributed by atoms with E-state index in [1.54, 1.807) is 24.4 Å². The minimum Gasteiger partial charge on any atom is -0.481 e. The third kappa shape index (κ3) is 2.94. The number of methoxy groups -OCH3 is 1. The van der Waals surface area contributed by atoms with Gasteiger partial charge < -0.3 is 9.47 Å². The number of nitrogens with zero attached hydrogens (tertiary/aromatic N) is 1. The molecule has 0 N–H and O–H groups in total. The molecule has 17 heavy (non-hydrogen) atoms. The van der Waals surface area contributed by atoms with Crippen LogP contribution < -0.4 is 9.47 Å². The highest BCUT2D eigenvalue weighted by Gasteiger charge is 2.05. The predicted octanol–water partition coefficient (Wildman–Crippen LogP) is 3.78. The van der Waals surface area contributed by atoms with Gasteiger partial charge in [-0.25, -0.2) is 9.37 Å².